The van der Waals surface area contributed by atoms with Crippen LogP contribution in [0.15, 0.2) is 59.5 Å². The van der Waals surface area contributed by atoms with Crippen LogP contribution >= 0.6 is 0 Å². The molecule has 8 heteroatoms. The summed E-state index contributed by atoms with van der Waals surface area (Å²) in [6, 6.07) is 13.6. The summed E-state index contributed by atoms with van der Waals surface area (Å²) in [6.07, 6.45) is 0.335. The molecule has 0 saturated carbocycles. The van der Waals surface area contributed by atoms with Crippen LogP contribution in [0, 0.1) is 0 Å². The highest BCUT2D eigenvalue weighted by Gasteiger charge is 2.46. The third-order valence-electron chi connectivity index (χ3n) is 3.54. The summed E-state index contributed by atoms with van der Waals surface area (Å²) >= 11 is 0. The van der Waals surface area contributed by atoms with E-state index in [9.17, 15) is 21.6 Å². The van der Waals surface area contributed by atoms with E-state index in [1.165, 1.54) is 12.1 Å². The molecule has 0 radical (unpaired) electrons. The van der Waals surface area contributed by atoms with Gasteiger partial charge in [-0.3, -0.25) is 0 Å². The molecule has 1 N–H and O–H groups in total. The second-order valence-corrected chi connectivity index (χ2v) is 7.27. The van der Waals surface area contributed by atoms with Crippen LogP contribution in [-0.4, -0.2) is 27.5 Å². The molecule has 0 aliphatic carbocycles. The van der Waals surface area contributed by atoms with Crippen molar-refractivity contribution in [3.8, 4) is 5.75 Å². The fourth-order valence-corrected chi connectivity index (χ4v) is 2.99. The van der Waals surface area contributed by atoms with Gasteiger partial charge in [-0.1, -0.05) is 30.3 Å². The van der Waals surface area contributed by atoms with E-state index in [0.717, 1.165) is 17.7 Å². The molecule has 0 fully saturated rings. The molecule has 2 aromatic rings. The zero-order chi connectivity index (χ0) is 18.5. The Morgan fingerprint density at radius 3 is 2.16 bits per heavy atom. The van der Waals surface area contributed by atoms with Crippen LogP contribution in [0.2, 0.25) is 0 Å². The van der Waals surface area contributed by atoms with Crippen LogP contribution < -0.4 is 10.1 Å². The lowest BCUT2D eigenvalue weighted by Crippen LogP contribution is -2.23. The maximum Gasteiger partial charge on any atom is 0.501 e. The van der Waals surface area contributed by atoms with Gasteiger partial charge >= 0.3 is 5.51 Å². The van der Waals surface area contributed by atoms with Crippen molar-refractivity contribution in [3.05, 3.63) is 60.2 Å². The van der Waals surface area contributed by atoms with Gasteiger partial charge in [0.1, 0.15) is 11.9 Å². The van der Waals surface area contributed by atoms with E-state index in [2.05, 4.69) is 5.32 Å². The highest BCUT2D eigenvalue weighted by atomic mass is 32.2. The van der Waals surface area contributed by atoms with Crippen molar-refractivity contribution in [2.24, 2.45) is 0 Å². The number of halogens is 3. The maximum absolute atomic E-state index is 12.6. The van der Waals surface area contributed by atoms with Gasteiger partial charge in [-0.15, -0.1) is 0 Å². The van der Waals surface area contributed by atoms with Crippen LogP contribution in [0.25, 0.3) is 0 Å². The third-order valence-corrected chi connectivity index (χ3v) is 5.05. The number of benzene rings is 2. The van der Waals surface area contributed by atoms with Gasteiger partial charge < -0.3 is 10.1 Å². The highest BCUT2D eigenvalue weighted by molar-refractivity contribution is 7.92. The van der Waals surface area contributed by atoms with E-state index in [4.69, 9.17) is 4.74 Å². The summed E-state index contributed by atoms with van der Waals surface area (Å²) in [6.45, 7) is 0.681. The molecule has 1 unspecified atom stereocenters. The molecule has 0 aliphatic rings. The Morgan fingerprint density at radius 1 is 1.04 bits per heavy atom. The van der Waals surface area contributed by atoms with Crippen molar-refractivity contribution in [1.29, 1.82) is 0 Å². The molecular formula is C17H18F3NO3S. The Bertz CT molecular complexity index is 775. The van der Waals surface area contributed by atoms with Crippen molar-refractivity contribution in [1.82, 2.24) is 5.32 Å². The number of hydrogen-bond donors (Lipinski definition) is 1. The van der Waals surface area contributed by atoms with E-state index in [1.54, 1.807) is 7.05 Å². The number of sulfone groups is 1. The van der Waals surface area contributed by atoms with Gasteiger partial charge in [0.05, 0.1) is 4.90 Å². The van der Waals surface area contributed by atoms with E-state index in [-0.39, 0.29) is 6.10 Å². The number of alkyl halides is 3. The number of ether oxygens (including phenoxy) is 1. The minimum Gasteiger partial charge on any atom is -0.486 e. The second-order valence-electron chi connectivity index (χ2n) is 5.33. The number of nitrogens with one attached hydrogen (secondary N) is 1. The lowest BCUT2D eigenvalue weighted by atomic mass is 10.1. The Hall–Kier alpha value is -2.06. The normalized spacial score (nSPS) is 13.4. The number of rotatable bonds is 7. The molecule has 0 amide bonds. The molecule has 0 aliphatic heterocycles. The zero-order valence-corrected chi connectivity index (χ0v) is 14.3. The first-order valence-corrected chi connectivity index (χ1v) is 9.01. The summed E-state index contributed by atoms with van der Waals surface area (Å²) in [5.74, 6) is 0.297. The molecule has 136 valence electrons. The van der Waals surface area contributed by atoms with E-state index in [1.807, 2.05) is 30.3 Å². The molecule has 0 spiro atoms. The second kappa shape index (κ2) is 7.88. The molecule has 0 saturated heterocycles. The predicted octanol–water partition coefficient (Wildman–Crippen LogP) is 3.71. The van der Waals surface area contributed by atoms with Gasteiger partial charge in [0.15, 0.2) is 0 Å². The fourth-order valence-electron chi connectivity index (χ4n) is 2.23. The minimum atomic E-state index is -5.35. The summed E-state index contributed by atoms with van der Waals surface area (Å²) in [5, 5.41) is 3.02. The molecule has 4 nitrogen and oxygen atoms in total. The minimum absolute atomic E-state index is 0.297. The smallest absolute Gasteiger partial charge is 0.486 e. The first-order valence-electron chi connectivity index (χ1n) is 7.53. The van der Waals surface area contributed by atoms with Crippen molar-refractivity contribution < 1.29 is 26.3 Å². The van der Waals surface area contributed by atoms with Gasteiger partial charge in [-0.25, -0.2) is 8.42 Å². The predicted molar refractivity (Wildman–Crippen MR) is 88.0 cm³/mol. The van der Waals surface area contributed by atoms with E-state index < -0.39 is 20.2 Å². The monoisotopic (exact) mass is 373 g/mol. The summed E-state index contributed by atoms with van der Waals surface area (Å²) in [4.78, 5) is -0.807. The van der Waals surface area contributed by atoms with Gasteiger partial charge in [0.25, 0.3) is 9.84 Å². The van der Waals surface area contributed by atoms with E-state index >= 15 is 0 Å². The Labute approximate surface area is 144 Å². The van der Waals surface area contributed by atoms with Gasteiger partial charge in [0, 0.05) is 6.42 Å². The largest absolute Gasteiger partial charge is 0.501 e. The van der Waals surface area contributed by atoms with Gasteiger partial charge in [0.2, 0.25) is 0 Å². The van der Waals surface area contributed by atoms with Crippen LogP contribution in [-0.2, 0) is 9.84 Å². The summed E-state index contributed by atoms with van der Waals surface area (Å²) in [5.41, 5.74) is -4.40. The number of hydrogen-bond acceptors (Lipinski definition) is 4. The summed E-state index contributed by atoms with van der Waals surface area (Å²) < 4.78 is 66.3. The molecule has 1 atom stereocenters. The first kappa shape index (κ1) is 19.3. The molecule has 0 aromatic heterocycles. The topological polar surface area (TPSA) is 55.4 Å². The molecule has 0 bridgehead atoms. The van der Waals surface area contributed by atoms with Crippen molar-refractivity contribution in [2.75, 3.05) is 13.6 Å². The Balaban J connectivity index is 2.20. The quantitative estimate of drug-likeness (QED) is 0.804. The maximum atomic E-state index is 12.6. The zero-order valence-electron chi connectivity index (χ0n) is 13.5. The molecule has 2 rings (SSSR count). The van der Waals surface area contributed by atoms with Gasteiger partial charge in [-0.05, 0) is 43.4 Å². The van der Waals surface area contributed by atoms with Crippen LogP contribution in [0.1, 0.15) is 18.1 Å². The van der Waals surface area contributed by atoms with Crippen LogP contribution in [0.4, 0.5) is 13.2 Å². The average molecular weight is 373 g/mol. The lowest BCUT2D eigenvalue weighted by Gasteiger charge is -2.20. The average Bonchev–Trinajstić information content (AvgIpc) is 2.59. The summed E-state index contributed by atoms with van der Waals surface area (Å²) in [7, 11) is -3.55. The van der Waals surface area contributed by atoms with Gasteiger partial charge in [-0.2, -0.15) is 13.2 Å². The van der Waals surface area contributed by atoms with Crippen molar-refractivity contribution >= 4 is 9.84 Å². The van der Waals surface area contributed by atoms with Crippen LogP contribution in [0.5, 0.6) is 5.75 Å². The third kappa shape index (κ3) is 4.73. The van der Waals surface area contributed by atoms with E-state index in [0.29, 0.717) is 18.7 Å². The fraction of sp³-hybridized carbons (Fsp3) is 0.294. The Kier molecular flexibility index (Phi) is 6.07. The SMILES string of the molecule is CNCCC(Oc1ccc(S(=O)(=O)C(F)(F)F)cc1)c1ccccc1. The standard InChI is InChI=1S/C17H18F3NO3S/c1-21-12-11-16(13-5-3-2-4-6-13)24-14-7-9-15(10-8-14)25(22,23)17(18,19)20/h2-10,16,21H,11-12H2,1H3. The molecular weight excluding hydrogens is 355 g/mol. The lowest BCUT2D eigenvalue weighted by molar-refractivity contribution is -0.0436. The molecule has 0 heterocycles. The first-order chi connectivity index (χ1) is 11.8. The highest BCUT2D eigenvalue weighted by Crippen LogP contribution is 2.32. The van der Waals surface area contributed by atoms with Crippen LogP contribution in [0.3, 0.4) is 0 Å². The molecule has 25 heavy (non-hydrogen) atoms. The molecule has 2 aromatic carbocycles. The van der Waals surface area contributed by atoms with Crippen molar-refractivity contribution in [2.45, 2.75) is 22.9 Å². The Morgan fingerprint density at radius 2 is 1.64 bits per heavy atom. The van der Waals surface area contributed by atoms with Crippen molar-refractivity contribution in [3.63, 3.8) is 0 Å².